The molecule has 1 aromatic heterocycles. The number of hydrogen-bond acceptors (Lipinski definition) is 7. The van der Waals surface area contributed by atoms with Gasteiger partial charge in [-0.25, -0.2) is 5.10 Å². The van der Waals surface area contributed by atoms with Gasteiger partial charge in [0, 0.05) is 10.9 Å². The van der Waals surface area contributed by atoms with Crippen LogP contribution in [0.25, 0.3) is 32.7 Å². The third-order valence-electron chi connectivity index (χ3n) is 5.07. The number of rotatable bonds is 3. The van der Waals surface area contributed by atoms with E-state index >= 15 is 0 Å². The van der Waals surface area contributed by atoms with Crippen LogP contribution in [0.5, 0.6) is 28.7 Å². The highest BCUT2D eigenvalue weighted by molar-refractivity contribution is 6.17. The van der Waals surface area contributed by atoms with Crippen molar-refractivity contribution in [1.29, 1.82) is 0 Å². The molecule has 0 unspecified atom stereocenters. The molecule has 3 aromatic carbocycles. The highest BCUT2D eigenvalue weighted by Crippen LogP contribution is 2.46. The first-order valence-electron chi connectivity index (χ1n) is 8.80. The van der Waals surface area contributed by atoms with Gasteiger partial charge in [-0.2, -0.15) is 5.10 Å². The van der Waals surface area contributed by atoms with Crippen LogP contribution in [-0.2, 0) is 0 Å². The fourth-order valence-corrected chi connectivity index (χ4v) is 3.74. The van der Waals surface area contributed by atoms with Gasteiger partial charge < -0.3 is 24.1 Å². The predicted molar refractivity (Wildman–Crippen MR) is 106 cm³/mol. The van der Waals surface area contributed by atoms with Crippen LogP contribution >= 0.6 is 0 Å². The van der Waals surface area contributed by atoms with E-state index in [1.807, 2.05) is 12.1 Å². The lowest BCUT2D eigenvalue weighted by Crippen LogP contribution is -2.09. The van der Waals surface area contributed by atoms with Crippen molar-refractivity contribution in [2.45, 2.75) is 0 Å². The van der Waals surface area contributed by atoms with Crippen LogP contribution in [0.1, 0.15) is 0 Å². The summed E-state index contributed by atoms with van der Waals surface area (Å²) in [5.74, 6) is 2.10. The molecule has 5 rings (SSSR count). The standard InChI is InChI=1S/C21H16N2O6/c1-26-15-6-11-12(7-16(15)27-2)20(24)13-8-22-23-21(25)19(13)18(11)10-3-4-14-17(5-10)29-9-28-14/h3-8,24H,9H2,1-2H3,(H,23,25). The van der Waals surface area contributed by atoms with Crippen LogP contribution in [0.2, 0.25) is 0 Å². The van der Waals surface area contributed by atoms with E-state index in [0.29, 0.717) is 50.1 Å². The average Bonchev–Trinajstić information content (AvgIpc) is 3.21. The minimum absolute atomic E-state index is 0.0564. The summed E-state index contributed by atoms with van der Waals surface area (Å²) in [5, 5.41) is 19.0. The molecule has 0 aliphatic carbocycles. The first-order chi connectivity index (χ1) is 14.1. The van der Waals surface area contributed by atoms with E-state index in [1.54, 1.807) is 18.2 Å². The van der Waals surface area contributed by atoms with Crippen LogP contribution < -0.4 is 24.5 Å². The SMILES string of the molecule is COc1cc2c(O)c3cn[nH]c(=O)c3c(-c3ccc4c(c3)OCO4)c2cc1OC. The zero-order chi connectivity index (χ0) is 20.1. The first kappa shape index (κ1) is 17.2. The Labute approximate surface area is 164 Å². The topological polar surface area (TPSA) is 103 Å². The van der Waals surface area contributed by atoms with Gasteiger partial charge in [0.25, 0.3) is 5.56 Å². The molecule has 2 heterocycles. The van der Waals surface area contributed by atoms with E-state index < -0.39 is 5.56 Å². The largest absolute Gasteiger partial charge is 0.507 e. The quantitative estimate of drug-likeness (QED) is 0.516. The lowest BCUT2D eigenvalue weighted by atomic mass is 9.92. The lowest BCUT2D eigenvalue weighted by molar-refractivity contribution is 0.174. The second-order valence-corrected chi connectivity index (χ2v) is 6.53. The number of H-pyrrole nitrogens is 1. The molecular weight excluding hydrogens is 376 g/mol. The van der Waals surface area contributed by atoms with Gasteiger partial charge in [0.15, 0.2) is 23.0 Å². The summed E-state index contributed by atoms with van der Waals surface area (Å²) in [6, 6.07) is 8.87. The highest BCUT2D eigenvalue weighted by Gasteiger charge is 2.22. The van der Waals surface area contributed by atoms with Crippen molar-refractivity contribution in [3.8, 4) is 39.9 Å². The third-order valence-corrected chi connectivity index (χ3v) is 5.07. The van der Waals surface area contributed by atoms with Gasteiger partial charge in [0.1, 0.15) is 5.75 Å². The minimum atomic E-state index is -0.415. The number of methoxy groups -OCH3 is 2. The van der Waals surface area contributed by atoms with E-state index in [0.717, 1.165) is 5.56 Å². The summed E-state index contributed by atoms with van der Waals surface area (Å²) >= 11 is 0. The molecule has 8 nitrogen and oxygen atoms in total. The number of nitrogens with one attached hydrogen (secondary N) is 1. The van der Waals surface area contributed by atoms with Gasteiger partial charge in [0.2, 0.25) is 6.79 Å². The normalized spacial score (nSPS) is 12.5. The lowest BCUT2D eigenvalue weighted by Gasteiger charge is -2.16. The second-order valence-electron chi connectivity index (χ2n) is 6.53. The van der Waals surface area contributed by atoms with E-state index in [4.69, 9.17) is 18.9 Å². The number of benzene rings is 3. The van der Waals surface area contributed by atoms with Crippen LogP contribution in [0.3, 0.4) is 0 Å². The summed E-state index contributed by atoms with van der Waals surface area (Å²) in [7, 11) is 3.05. The van der Waals surface area contributed by atoms with Crippen molar-refractivity contribution < 1.29 is 24.1 Å². The van der Waals surface area contributed by atoms with E-state index in [1.165, 1.54) is 20.4 Å². The molecule has 146 valence electrons. The number of phenols is 1. The fraction of sp³-hybridized carbons (Fsp3) is 0.143. The van der Waals surface area contributed by atoms with Gasteiger partial charge in [-0.3, -0.25) is 4.79 Å². The van der Waals surface area contributed by atoms with E-state index in [9.17, 15) is 9.90 Å². The van der Waals surface area contributed by atoms with Gasteiger partial charge in [-0.05, 0) is 35.2 Å². The summed E-state index contributed by atoms with van der Waals surface area (Å²) in [6.07, 6.45) is 1.43. The number of aromatic amines is 1. The van der Waals surface area contributed by atoms with E-state index in [2.05, 4.69) is 10.2 Å². The molecule has 8 heteroatoms. The van der Waals surface area contributed by atoms with Crippen molar-refractivity contribution in [3.63, 3.8) is 0 Å². The third kappa shape index (κ3) is 2.46. The Hall–Kier alpha value is -3.94. The molecule has 0 spiro atoms. The highest BCUT2D eigenvalue weighted by atomic mass is 16.7. The Morgan fingerprint density at radius 2 is 1.72 bits per heavy atom. The van der Waals surface area contributed by atoms with Crippen molar-refractivity contribution >= 4 is 21.5 Å². The van der Waals surface area contributed by atoms with Gasteiger partial charge >= 0.3 is 0 Å². The summed E-state index contributed by atoms with van der Waals surface area (Å²) in [5.41, 5.74) is 0.936. The Kier molecular flexibility index (Phi) is 3.73. The Bertz CT molecular complexity index is 1350. The molecular formula is C21H16N2O6. The molecule has 0 atom stereocenters. The number of fused-ring (bicyclic) bond motifs is 3. The van der Waals surface area contributed by atoms with Gasteiger partial charge in [-0.15, -0.1) is 0 Å². The maximum atomic E-state index is 12.7. The average molecular weight is 392 g/mol. The van der Waals surface area contributed by atoms with Crippen molar-refractivity contribution in [3.05, 3.63) is 46.9 Å². The maximum absolute atomic E-state index is 12.7. The molecule has 0 saturated heterocycles. The molecule has 0 amide bonds. The molecule has 0 radical (unpaired) electrons. The number of aromatic hydroxyl groups is 1. The monoisotopic (exact) mass is 392 g/mol. The zero-order valence-corrected chi connectivity index (χ0v) is 15.6. The number of aromatic nitrogens is 2. The Balaban J connectivity index is 1.98. The molecule has 0 saturated carbocycles. The number of ether oxygens (including phenoxy) is 4. The molecule has 1 aliphatic rings. The van der Waals surface area contributed by atoms with Crippen LogP contribution in [0.15, 0.2) is 41.3 Å². The summed E-state index contributed by atoms with van der Waals surface area (Å²) < 4.78 is 21.7. The zero-order valence-electron chi connectivity index (χ0n) is 15.6. The smallest absolute Gasteiger partial charge is 0.272 e. The van der Waals surface area contributed by atoms with Gasteiger partial charge in [-0.1, -0.05) is 6.07 Å². The molecule has 0 fully saturated rings. The number of phenolic OH excluding ortho intramolecular Hbond substituents is 1. The number of hydrogen-bond donors (Lipinski definition) is 2. The molecule has 4 aromatic rings. The molecule has 29 heavy (non-hydrogen) atoms. The van der Waals surface area contributed by atoms with Crippen LogP contribution in [0, 0.1) is 0 Å². The van der Waals surface area contributed by atoms with E-state index in [-0.39, 0.29) is 12.5 Å². The first-order valence-corrected chi connectivity index (χ1v) is 8.80. The van der Waals surface area contributed by atoms with Crippen molar-refractivity contribution in [2.75, 3.05) is 21.0 Å². The maximum Gasteiger partial charge on any atom is 0.272 e. The fourth-order valence-electron chi connectivity index (χ4n) is 3.74. The summed E-state index contributed by atoms with van der Waals surface area (Å²) in [6.45, 7) is 0.144. The predicted octanol–water partition coefficient (Wildman–Crippen LogP) is 3.19. The molecule has 1 aliphatic heterocycles. The second kappa shape index (κ2) is 6.30. The van der Waals surface area contributed by atoms with Crippen molar-refractivity contribution in [2.24, 2.45) is 0 Å². The van der Waals surface area contributed by atoms with Crippen LogP contribution in [-0.4, -0.2) is 36.3 Å². The Morgan fingerprint density at radius 1 is 1.00 bits per heavy atom. The van der Waals surface area contributed by atoms with Crippen LogP contribution in [0.4, 0.5) is 0 Å². The summed E-state index contributed by atoms with van der Waals surface area (Å²) in [4.78, 5) is 12.7. The van der Waals surface area contributed by atoms with Crippen molar-refractivity contribution in [1.82, 2.24) is 10.2 Å². The Morgan fingerprint density at radius 3 is 2.48 bits per heavy atom. The molecule has 0 bridgehead atoms. The van der Waals surface area contributed by atoms with Gasteiger partial charge in [0.05, 0.1) is 31.2 Å². The molecule has 2 N–H and O–H groups in total. The minimum Gasteiger partial charge on any atom is -0.507 e. The number of nitrogens with zero attached hydrogens (tertiary/aromatic N) is 1.